The number of hydrogen-bond donors (Lipinski definition) is 2. The maximum absolute atomic E-state index is 11.7. The third-order valence-corrected chi connectivity index (χ3v) is 5.38. The Morgan fingerprint density at radius 1 is 1.32 bits per heavy atom. The molecule has 1 unspecified atom stereocenters. The van der Waals surface area contributed by atoms with Crippen molar-refractivity contribution in [2.75, 3.05) is 29.6 Å². The second kappa shape index (κ2) is 6.63. The molecule has 1 atom stereocenters. The van der Waals surface area contributed by atoms with Crippen LogP contribution in [0.4, 0.5) is 5.69 Å². The first-order valence-corrected chi connectivity index (χ1v) is 9.13. The molecular formula is C13H21NO3S2. The fraction of sp³-hybridized carbons (Fsp3) is 0.538. The van der Waals surface area contributed by atoms with E-state index in [4.69, 9.17) is 0 Å². The predicted molar refractivity (Wildman–Crippen MR) is 81.7 cm³/mol. The Bertz CT molecular complexity index is 495. The van der Waals surface area contributed by atoms with Crippen molar-refractivity contribution in [1.29, 1.82) is 0 Å². The van der Waals surface area contributed by atoms with Gasteiger partial charge >= 0.3 is 0 Å². The molecule has 0 aliphatic heterocycles. The van der Waals surface area contributed by atoms with Crippen molar-refractivity contribution < 1.29 is 13.5 Å². The van der Waals surface area contributed by atoms with E-state index in [0.29, 0.717) is 17.2 Å². The number of benzene rings is 1. The van der Waals surface area contributed by atoms with Crippen LogP contribution in [-0.2, 0) is 9.84 Å². The number of anilines is 1. The molecule has 0 aliphatic rings. The van der Waals surface area contributed by atoms with Crippen LogP contribution < -0.4 is 5.32 Å². The lowest BCUT2D eigenvalue weighted by Gasteiger charge is -2.23. The zero-order valence-electron chi connectivity index (χ0n) is 11.5. The van der Waals surface area contributed by atoms with Crippen LogP contribution in [0.5, 0.6) is 0 Å². The summed E-state index contributed by atoms with van der Waals surface area (Å²) < 4.78 is 23.3. The van der Waals surface area contributed by atoms with E-state index in [-0.39, 0.29) is 5.75 Å². The number of thioether (sulfide) groups is 1. The van der Waals surface area contributed by atoms with Crippen molar-refractivity contribution in [1.82, 2.24) is 0 Å². The first-order valence-electron chi connectivity index (χ1n) is 6.09. The van der Waals surface area contributed by atoms with Crippen molar-refractivity contribution in [3.8, 4) is 0 Å². The van der Waals surface area contributed by atoms with Gasteiger partial charge in [0.05, 0.1) is 16.2 Å². The van der Waals surface area contributed by atoms with E-state index < -0.39 is 15.4 Å². The van der Waals surface area contributed by atoms with Gasteiger partial charge in [-0.2, -0.15) is 11.8 Å². The summed E-state index contributed by atoms with van der Waals surface area (Å²) in [6.07, 6.45) is 1.94. The minimum Gasteiger partial charge on any atom is -0.387 e. The lowest BCUT2D eigenvalue weighted by molar-refractivity contribution is 0.0997. The van der Waals surface area contributed by atoms with Crippen molar-refractivity contribution >= 4 is 27.3 Å². The van der Waals surface area contributed by atoms with Crippen LogP contribution in [0, 0.1) is 0 Å². The largest absolute Gasteiger partial charge is 0.387 e. The van der Waals surface area contributed by atoms with Crippen LogP contribution in [0.1, 0.15) is 13.8 Å². The summed E-state index contributed by atoms with van der Waals surface area (Å²) >= 11 is 1.58. The summed E-state index contributed by atoms with van der Waals surface area (Å²) in [4.78, 5) is 0.330. The van der Waals surface area contributed by atoms with Crippen molar-refractivity contribution in [2.24, 2.45) is 0 Å². The highest BCUT2D eigenvalue weighted by Crippen LogP contribution is 2.17. The average Bonchev–Trinajstić information content (AvgIpc) is 2.37. The van der Waals surface area contributed by atoms with Gasteiger partial charge in [-0.05, 0) is 37.4 Å². The predicted octanol–water partition coefficient (Wildman–Crippen LogP) is 2.01. The Balaban J connectivity index is 2.68. The van der Waals surface area contributed by atoms with Crippen molar-refractivity contribution in [2.45, 2.75) is 24.3 Å². The highest BCUT2D eigenvalue weighted by Gasteiger charge is 2.19. The van der Waals surface area contributed by atoms with Gasteiger partial charge < -0.3 is 10.4 Å². The fourth-order valence-electron chi connectivity index (χ4n) is 1.60. The Morgan fingerprint density at radius 2 is 1.89 bits per heavy atom. The summed E-state index contributed by atoms with van der Waals surface area (Å²) in [6, 6.07) is 6.62. The molecule has 108 valence electrons. The maximum atomic E-state index is 11.7. The SMILES string of the molecule is CCS(=O)(=O)c1ccc(NCC(C)(O)CSC)cc1. The van der Waals surface area contributed by atoms with Gasteiger partial charge in [0, 0.05) is 18.0 Å². The Hall–Kier alpha value is -0.720. The topological polar surface area (TPSA) is 66.4 Å². The highest BCUT2D eigenvalue weighted by atomic mass is 32.2. The van der Waals surface area contributed by atoms with E-state index >= 15 is 0 Å². The molecule has 0 fully saturated rings. The van der Waals surface area contributed by atoms with Crippen molar-refractivity contribution in [3.63, 3.8) is 0 Å². The van der Waals surface area contributed by atoms with E-state index in [1.165, 1.54) is 0 Å². The summed E-state index contributed by atoms with van der Waals surface area (Å²) in [5.74, 6) is 0.741. The number of rotatable bonds is 7. The van der Waals surface area contributed by atoms with Gasteiger partial charge in [-0.3, -0.25) is 0 Å². The fourth-order valence-corrected chi connectivity index (χ4v) is 3.21. The molecule has 0 aliphatic carbocycles. The molecule has 0 heterocycles. The van der Waals surface area contributed by atoms with Gasteiger partial charge in [-0.15, -0.1) is 0 Å². The minimum atomic E-state index is -3.15. The summed E-state index contributed by atoms with van der Waals surface area (Å²) in [7, 11) is -3.15. The van der Waals surface area contributed by atoms with Crippen LogP contribution >= 0.6 is 11.8 Å². The first-order chi connectivity index (χ1) is 8.80. The van der Waals surface area contributed by atoms with Gasteiger partial charge in [0.1, 0.15) is 0 Å². The first kappa shape index (κ1) is 16.3. The van der Waals surface area contributed by atoms with Crippen LogP contribution in [-0.4, -0.2) is 43.4 Å². The standard InChI is InChI=1S/C13H21NO3S2/c1-4-19(16,17)12-7-5-11(6-8-12)14-9-13(2,15)10-18-3/h5-8,14-15H,4,9-10H2,1-3H3. The Kier molecular flexibility index (Phi) is 5.70. The van der Waals surface area contributed by atoms with E-state index in [0.717, 1.165) is 5.69 Å². The summed E-state index contributed by atoms with van der Waals surface area (Å²) in [5.41, 5.74) is 0.0181. The van der Waals surface area contributed by atoms with Gasteiger partial charge in [0.15, 0.2) is 9.84 Å². The molecule has 19 heavy (non-hydrogen) atoms. The van der Waals surface area contributed by atoms with E-state index in [9.17, 15) is 13.5 Å². The molecule has 0 aromatic heterocycles. The zero-order chi connectivity index (χ0) is 14.5. The molecule has 0 spiro atoms. The molecule has 1 aromatic rings. The van der Waals surface area contributed by atoms with Crippen LogP contribution in [0.2, 0.25) is 0 Å². The molecular weight excluding hydrogens is 282 g/mol. The van der Waals surface area contributed by atoms with Gasteiger partial charge in [-0.25, -0.2) is 8.42 Å². The lowest BCUT2D eigenvalue weighted by atomic mass is 10.1. The highest BCUT2D eigenvalue weighted by molar-refractivity contribution is 7.98. The third-order valence-electron chi connectivity index (χ3n) is 2.72. The maximum Gasteiger partial charge on any atom is 0.178 e. The van der Waals surface area contributed by atoms with Crippen LogP contribution in [0.25, 0.3) is 0 Å². The number of nitrogens with one attached hydrogen (secondary N) is 1. The average molecular weight is 303 g/mol. The molecule has 2 N–H and O–H groups in total. The molecule has 1 rings (SSSR count). The third kappa shape index (κ3) is 5.04. The smallest absolute Gasteiger partial charge is 0.178 e. The quantitative estimate of drug-likeness (QED) is 0.806. The number of aliphatic hydroxyl groups is 1. The second-order valence-electron chi connectivity index (χ2n) is 4.71. The molecule has 6 heteroatoms. The molecule has 0 saturated heterocycles. The zero-order valence-corrected chi connectivity index (χ0v) is 13.1. The van der Waals surface area contributed by atoms with Crippen LogP contribution in [0.15, 0.2) is 29.2 Å². The number of sulfone groups is 1. The molecule has 0 radical (unpaired) electrons. The minimum absolute atomic E-state index is 0.0994. The Labute approximate surface area is 119 Å². The van der Waals surface area contributed by atoms with E-state index in [2.05, 4.69) is 5.32 Å². The molecule has 0 amide bonds. The number of hydrogen-bond acceptors (Lipinski definition) is 5. The monoisotopic (exact) mass is 303 g/mol. The van der Waals surface area contributed by atoms with E-state index in [1.807, 2.05) is 6.26 Å². The Morgan fingerprint density at radius 3 is 2.37 bits per heavy atom. The molecule has 0 bridgehead atoms. The van der Waals surface area contributed by atoms with Gasteiger partial charge in [0.25, 0.3) is 0 Å². The molecule has 0 saturated carbocycles. The lowest BCUT2D eigenvalue weighted by Crippen LogP contribution is -2.36. The molecule has 4 nitrogen and oxygen atoms in total. The second-order valence-corrected chi connectivity index (χ2v) is 7.86. The van der Waals surface area contributed by atoms with E-state index in [1.54, 1.807) is 49.9 Å². The van der Waals surface area contributed by atoms with Crippen LogP contribution in [0.3, 0.4) is 0 Å². The van der Waals surface area contributed by atoms with Gasteiger partial charge in [0.2, 0.25) is 0 Å². The van der Waals surface area contributed by atoms with Crippen molar-refractivity contribution in [3.05, 3.63) is 24.3 Å². The van der Waals surface area contributed by atoms with Gasteiger partial charge in [-0.1, -0.05) is 6.92 Å². The normalized spacial score (nSPS) is 14.9. The summed E-state index contributed by atoms with van der Waals surface area (Å²) in [6.45, 7) is 3.82. The summed E-state index contributed by atoms with van der Waals surface area (Å²) in [5, 5.41) is 13.1. The molecule has 1 aromatic carbocycles.